The number of rotatable bonds is 4. The van der Waals surface area contributed by atoms with E-state index in [1.807, 2.05) is 29.7 Å². The summed E-state index contributed by atoms with van der Waals surface area (Å²) in [7, 11) is 0. The summed E-state index contributed by atoms with van der Waals surface area (Å²) in [5.41, 5.74) is 3.44. The number of ether oxygens (including phenoxy) is 1. The van der Waals surface area contributed by atoms with Gasteiger partial charge in [0.1, 0.15) is 5.70 Å². The van der Waals surface area contributed by atoms with Crippen molar-refractivity contribution in [3.05, 3.63) is 47.8 Å². The number of carbonyl (C=O) groups is 1. The van der Waals surface area contributed by atoms with Crippen LogP contribution in [0.5, 0.6) is 0 Å². The van der Waals surface area contributed by atoms with E-state index in [-0.39, 0.29) is 12.3 Å². The molecule has 2 rings (SSSR count). The van der Waals surface area contributed by atoms with E-state index in [9.17, 15) is 4.79 Å². The smallest absolute Gasteiger partial charge is 0.356 e. The van der Waals surface area contributed by atoms with Crippen LogP contribution in [-0.4, -0.2) is 22.8 Å². The molecule has 0 atom stereocenters. The zero-order chi connectivity index (χ0) is 13.7. The molecule has 0 amide bonds. The molecule has 0 saturated heterocycles. The summed E-state index contributed by atoms with van der Waals surface area (Å²) in [5.74, 6) is -0.606. The number of hydrogen-bond acceptors (Lipinski definition) is 5. The molecule has 0 aliphatic carbocycles. The van der Waals surface area contributed by atoms with Gasteiger partial charge in [-0.1, -0.05) is 18.2 Å². The zero-order valence-electron chi connectivity index (χ0n) is 10.5. The monoisotopic (exact) mass is 258 g/mol. The Morgan fingerprint density at radius 1 is 1.42 bits per heavy atom. The van der Waals surface area contributed by atoms with E-state index in [1.165, 1.54) is 6.08 Å². The number of aromatic nitrogens is 1. The number of hydroxylamine groups is 1. The Balaban J connectivity index is 2.46. The van der Waals surface area contributed by atoms with E-state index in [0.717, 1.165) is 16.5 Å². The predicted octanol–water partition coefficient (Wildman–Crippen LogP) is 2.12. The van der Waals surface area contributed by atoms with Gasteiger partial charge in [-0.15, -0.1) is 0 Å². The third-order valence-electron chi connectivity index (χ3n) is 2.60. The highest BCUT2D eigenvalue weighted by atomic mass is 16.5. The summed E-state index contributed by atoms with van der Waals surface area (Å²) >= 11 is 0. The Morgan fingerprint density at radius 2 is 2.21 bits per heavy atom. The standard InChI is InChI=1S/C14H14N2O3/c1-2-19-14(17)13(16-18)9-10-7-8-15-12-6-4-3-5-11(10)12/h3-9,16,18H,2H2,1H3. The normalized spacial score (nSPS) is 11.4. The number of hydrogen-bond donors (Lipinski definition) is 2. The number of carbonyl (C=O) groups excluding carboxylic acids is 1. The summed E-state index contributed by atoms with van der Waals surface area (Å²) in [6, 6.07) is 9.31. The molecule has 98 valence electrons. The molecule has 2 N–H and O–H groups in total. The first kappa shape index (κ1) is 13.0. The number of nitrogens with zero attached hydrogens (tertiary/aromatic N) is 1. The van der Waals surface area contributed by atoms with Gasteiger partial charge in [-0.05, 0) is 30.7 Å². The molecule has 1 heterocycles. The molecule has 5 heteroatoms. The summed E-state index contributed by atoms with van der Waals surface area (Å²) in [6.45, 7) is 1.95. The Labute approximate surface area is 110 Å². The first-order chi connectivity index (χ1) is 9.26. The number of pyridine rings is 1. The van der Waals surface area contributed by atoms with Crippen LogP contribution in [0.15, 0.2) is 42.2 Å². The first-order valence-corrected chi connectivity index (χ1v) is 5.89. The molecule has 5 nitrogen and oxygen atoms in total. The minimum Gasteiger partial charge on any atom is -0.461 e. The van der Waals surface area contributed by atoms with E-state index < -0.39 is 5.97 Å². The highest BCUT2D eigenvalue weighted by molar-refractivity contribution is 5.96. The first-order valence-electron chi connectivity index (χ1n) is 5.89. The second-order valence-corrected chi connectivity index (χ2v) is 3.81. The quantitative estimate of drug-likeness (QED) is 0.499. The van der Waals surface area contributed by atoms with Crippen LogP contribution in [0, 0.1) is 0 Å². The Hall–Kier alpha value is -2.40. The van der Waals surface area contributed by atoms with Gasteiger partial charge in [0.15, 0.2) is 0 Å². The molecule has 1 aromatic carbocycles. The van der Waals surface area contributed by atoms with Crippen LogP contribution in [0.25, 0.3) is 17.0 Å². The molecule has 0 spiro atoms. The Morgan fingerprint density at radius 3 is 2.95 bits per heavy atom. The minimum atomic E-state index is -0.606. The van der Waals surface area contributed by atoms with Crippen LogP contribution in [0.1, 0.15) is 12.5 Å². The molecule has 0 unspecified atom stereocenters. The van der Waals surface area contributed by atoms with E-state index in [2.05, 4.69) is 4.98 Å². The topological polar surface area (TPSA) is 71.5 Å². The van der Waals surface area contributed by atoms with Crippen LogP contribution < -0.4 is 5.48 Å². The van der Waals surface area contributed by atoms with Gasteiger partial charge in [0.05, 0.1) is 12.1 Å². The second-order valence-electron chi connectivity index (χ2n) is 3.81. The van der Waals surface area contributed by atoms with Crippen molar-refractivity contribution in [1.82, 2.24) is 10.5 Å². The Bertz CT molecular complexity index is 618. The van der Waals surface area contributed by atoms with E-state index >= 15 is 0 Å². The average molecular weight is 258 g/mol. The molecular formula is C14H14N2O3. The van der Waals surface area contributed by atoms with Crippen LogP contribution in [0.4, 0.5) is 0 Å². The van der Waals surface area contributed by atoms with Crippen LogP contribution in [-0.2, 0) is 9.53 Å². The van der Waals surface area contributed by atoms with Gasteiger partial charge >= 0.3 is 5.97 Å². The summed E-state index contributed by atoms with van der Waals surface area (Å²) in [4.78, 5) is 15.8. The SMILES string of the molecule is CCOC(=O)C(=Cc1ccnc2ccccc12)NO. The summed E-state index contributed by atoms with van der Waals surface area (Å²) in [6.07, 6.45) is 3.18. The number of fused-ring (bicyclic) bond motifs is 1. The van der Waals surface area contributed by atoms with Gasteiger partial charge < -0.3 is 4.74 Å². The fraction of sp³-hybridized carbons (Fsp3) is 0.143. The molecule has 1 aromatic heterocycles. The lowest BCUT2D eigenvalue weighted by Crippen LogP contribution is -2.19. The molecule has 0 aliphatic heterocycles. The molecule has 0 saturated carbocycles. The lowest BCUT2D eigenvalue weighted by Gasteiger charge is -2.06. The predicted molar refractivity (Wildman–Crippen MR) is 71.3 cm³/mol. The Kier molecular flexibility index (Phi) is 4.10. The van der Waals surface area contributed by atoms with Crippen molar-refractivity contribution >= 4 is 22.9 Å². The van der Waals surface area contributed by atoms with Crippen molar-refractivity contribution in [3.8, 4) is 0 Å². The maximum atomic E-state index is 11.6. The average Bonchev–Trinajstić information content (AvgIpc) is 2.45. The van der Waals surface area contributed by atoms with Crippen molar-refractivity contribution < 1.29 is 14.7 Å². The van der Waals surface area contributed by atoms with E-state index in [4.69, 9.17) is 9.94 Å². The second kappa shape index (κ2) is 5.97. The molecule has 0 bridgehead atoms. The summed E-state index contributed by atoms with van der Waals surface area (Å²) < 4.78 is 4.83. The number of para-hydroxylation sites is 1. The third kappa shape index (κ3) is 2.89. The number of nitrogens with one attached hydrogen (secondary N) is 1. The third-order valence-corrected chi connectivity index (χ3v) is 2.60. The number of benzene rings is 1. The van der Waals surface area contributed by atoms with Crippen molar-refractivity contribution in [3.63, 3.8) is 0 Å². The minimum absolute atomic E-state index is 0.0156. The fourth-order valence-corrected chi connectivity index (χ4v) is 1.75. The number of esters is 1. The van der Waals surface area contributed by atoms with Gasteiger partial charge in [-0.2, -0.15) is 0 Å². The maximum Gasteiger partial charge on any atom is 0.356 e. The van der Waals surface area contributed by atoms with Gasteiger partial charge in [0.2, 0.25) is 0 Å². The molecule has 0 aliphatic rings. The van der Waals surface area contributed by atoms with Crippen molar-refractivity contribution in [2.45, 2.75) is 6.92 Å². The van der Waals surface area contributed by atoms with Crippen LogP contribution in [0.2, 0.25) is 0 Å². The van der Waals surface area contributed by atoms with Crippen molar-refractivity contribution in [2.24, 2.45) is 0 Å². The van der Waals surface area contributed by atoms with Gasteiger partial charge in [0, 0.05) is 11.6 Å². The van der Waals surface area contributed by atoms with Crippen molar-refractivity contribution in [2.75, 3.05) is 6.61 Å². The molecule has 0 fully saturated rings. The molecule has 19 heavy (non-hydrogen) atoms. The van der Waals surface area contributed by atoms with Crippen LogP contribution in [0.3, 0.4) is 0 Å². The summed E-state index contributed by atoms with van der Waals surface area (Å²) in [5, 5.41) is 9.91. The highest BCUT2D eigenvalue weighted by Crippen LogP contribution is 2.18. The molecule has 2 aromatic rings. The largest absolute Gasteiger partial charge is 0.461 e. The lowest BCUT2D eigenvalue weighted by atomic mass is 10.1. The van der Waals surface area contributed by atoms with Gasteiger partial charge in [0.25, 0.3) is 0 Å². The molecular weight excluding hydrogens is 244 g/mol. The van der Waals surface area contributed by atoms with Gasteiger partial charge in [-0.25, -0.2) is 4.79 Å². The zero-order valence-corrected chi connectivity index (χ0v) is 10.5. The molecule has 0 radical (unpaired) electrons. The van der Waals surface area contributed by atoms with Crippen LogP contribution >= 0.6 is 0 Å². The van der Waals surface area contributed by atoms with E-state index in [1.54, 1.807) is 19.2 Å². The van der Waals surface area contributed by atoms with E-state index in [0.29, 0.717) is 0 Å². The van der Waals surface area contributed by atoms with Crippen molar-refractivity contribution in [1.29, 1.82) is 0 Å². The lowest BCUT2D eigenvalue weighted by molar-refractivity contribution is -0.139. The van der Waals surface area contributed by atoms with Gasteiger partial charge in [-0.3, -0.25) is 15.7 Å². The highest BCUT2D eigenvalue weighted by Gasteiger charge is 2.10. The fourth-order valence-electron chi connectivity index (χ4n) is 1.75. The maximum absolute atomic E-state index is 11.6.